The average Bonchev–Trinajstić information content (AvgIpc) is 2.33. The Balaban J connectivity index is 2.40. The lowest BCUT2D eigenvalue weighted by atomic mass is 10.2. The van der Waals surface area contributed by atoms with Gasteiger partial charge in [0.15, 0.2) is 11.6 Å². The third kappa shape index (κ3) is 2.90. The van der Waals surface area contributed by atoms with Crippen LogP contribution in [0.3, 0.4) is 0 Å². The third-order valence-electron chi connectivity index (χ3n) is 2.31. The molecule has 0 amide bonds. The van der Waals surface area contributed by atoms with Crippen molar-refractivity contribution < 1.29 is 23.1 Å². The molecule has 6 heteroatoms. The topological polar surface area (TPSA) is 37.3 Å². The van der Waals surface area contributed by atoms with Crippen LogP contribution in [-0.2, 0) is 0 Å². The Labute approximate surface area is 110 Å². The number of hydrogen-bond donors (Lipinski definition) is 1. The van der Waals surface area contributed by atoms with Crippen LogP contribution in [0.25, 0.3) is 0 Å². The maximum Gasteiger partial charge on any atom is 0.339 e. The van der Waals surface area contributed by atoms with Gasteiger partial charge in [0.05, 0.1) is 0 Å². The van der Waals surface area contributed by atoms with E-state index in [-0.39, 0.29) is 9.79 Å². The Kier molecular flexibility index (Phi) is 3.80. The van der Waals surface area contributed by atoms with Crippen LogP contribution in [0.5, 0.6) is 0 Å². The minimum Gasteiger partial charge on any atom is -0.478 e. The largest absolute Gasteiger partial charge is 0.478 e. The fraction of sp³-hybridized carbons (Fsp3) is 0. The second-order valence-electron chi connectivity index (χ2n) is 3.60. The maximum absolute atomic E-state index is 13.4. The summed E-state index contributed by atoms with van der Waals surface area (Å²) in [4.78, 5) is 11.4. The van der Waals surface area contributed by atoms with Crippen LogP contribution in [0.15, 0.2) is 46.2 Å². The maximum atomic E-state index is 13.4. The van der Waals surface area contributed by atoms with Gasteiger partial charge in [0.1, 0.15) is 11.4 Å². The molecule has 0 radical (unpaired) electrons. The molecule has 0 aliphatic rings. The Morgan fingerprint density at radius 1 is 1.00 bits per heavy atom. The lowest BCUT2D eigenvalue weighted by Gasteiger charge is -2.06. The van der Waals surface area contributed by atoms with E-state index in [0.29, 0.717) is 0 Å². The number of carboxylic acids is 1. The zero-order chi connectivity index (χ0) is 14.0. The summed E-state index contributed by atoms with van der Waals surface area (Å²) in [5.74, 6) is -4.33. The van der Waals surface area contributed by atoms with Crippen LogP contribution in [0.2, 0.25) is 0 Å². The van der Waals surface area contributed by atoms with E-state index in [9.17, 15) is 18.0 Å². The third-order valence-corrected chi connectivity index (χ3v) is 3.36. The van der Waals surface area contributed by atoms with Gasteiger partial charge in [0.2, 0.25) is 0 Å². The van der Waals surface area contributed by atoms with E-state index in [4.69, 9.17) is 5.11 Å². The molecule has 0 saturated carbocycles. The molecule has 2 nitrogen and oxygen atoms in total. The molecule has 2 aromatic carbocycles. The van der Waals surface area contributed by atoms with Gasteiger partial charge in [0.25, 0.3) is 0 Å². The summed E-state index contributed by atoms with van der Waals surface area (Å²) in [5.41, 5.74) is -0.489. The first-order chi connectivity index (χ1) is 8.99. The summed E-state index contributed by atoms with van der Waals surface area (Å²) < 4.78 is 39.2. The number of halogens is 3. The van der Waals surface area contributed by atoms with Crippen LogP contribution in [0, 0.1) is 17.5 Å². The number of carboxylic acid groups (broad SMARTS) is 1. The molecular weight excluding hydrogens is 277 g/mol. The van der Waals surface area contributed by atoms with E-state index < -0.39 is 29.0 Å². The van der Waals surface area contributed by atoms with Crippen molar-refractivity contribution in [1.29, 1.82) is 0 Å². The van der Waals surface area contributed by atoms with Crippen molar-refractivity contribution in [1.82, 2.24) is 0 Å². The van der Waals surface area contributed by atoms with Crippen molar-refractivity contribution in [3.8, 4) is 0 Å². The van der Waals surface area contributed by atoms with Crippen LogP contribution in [-0.4, -0.2) is 11.1 Å². The summed E-state index contributed by atoms with van der Waals surface area (Å²) in [6, 6.07) is 6.93. The standard InChI is InChI=1S/C13H7F3O2S/c14-8-5-4-7(6-10(8)16)19-11-3-1-2-9(15)12(11)13(17)18/h1-6H,(H,17,18). The second-order valence-corrected chi connectivity index (χ2v) is 4.71. The molecule has 0 aliphatic carbocycles. The van der Waals surface area contributed by atoms with Gasteiger partial charge in [-0.05, 0) is 30.3 Å². The monoisotopic (exact) mass is 284 g/mol. The Morgan fingerprint density at radius 3 is 2.37 bits per heavy atom. The molecule has 19 heavy (non-hydrogen) atoms. The van der Waals surface area contributed by atoms with Gasteiger partial charge in [-0.25, -0.2) is 18.0 Å². The smallest absolute Gasteiger partial charge is 0.339 e. The Morgan fingerprint density at radius 2 is 1.74 bits per heavy atom. The molecule has 1 N–H and O–H groups in total. The first-order valence-corrected chi connectivity index (χ1v) is 5.95. The molecule has 0 aliphatic heterocycles. The highest BCUT2D eigenvalue weighted by molar-refractivity contribution is 7.99. The predicted octanol–water partition coefficient (Wildman–Crippen LogP) is 3.95. The highest BCUT2D eigenvalue weighted by Crippen LogP contribution is 2.32. The van der Waals surface area contributed by atoms with E-state index >= 15 is 0 Å². The van der Waals surface area contributed by atoms with Crippen molar-refractivity contribution in [2.75, 3.05) is 0 Å². The van der Waals surface area contributed by atoms with Crippen molar-refractivity contribution in [2.45, 2.75) is 9.79 Å². The fourth-order valence-corrected chi connectivity index (χ4v) is 2.45. The van der Waals surface area contributed by atoms with Crippen LogP contribution in [0.1, 0.15) is 10.4 Å². The number of carbonyl (C=O) groups is 1. The molecule has 0 heterocycles. The zero-order valence-electron chi connectivity index (χ0n) is 9.36. The van der Waals surface area contributed by atoms with Crippen LogP contribution < -0.4 is 0 Å². The van der Waals surface area contributed by atoms with Gasteiger partial charge >= 0.3 is 5.97 Å². The molecule has 0 bridgehead atoms. The SMILES string of the molecule is O=C(O)c1c(F)cccc1Sc1ccc(F)c(F)c1. The van der Waals surface area contributed by atoms with E-state index in [1.807, 2.05) is 0 Å². The first kappa shape index (κ1) is 13.5. The number of hydrogen-bond acceptors (Lipinski definition) is 2. The molecular formula is C13H7F3O2S. The molecule has 2 aromatic rings. The summed E-state index contributed by atoms with van der Waals surface area (Å²) in [6.07, 6.45) is 0. The number of aromatic carboxylic acids is 1. The van der Waals surface area contributed by atoms with Crippen LogP contribution in [0.4, 0.5) is 13.2 Å². The van der Waals surface area contributed by atoms with E-state index in [0.717, 1.165) is 30.0 Å². The van der Waals surface area contributed by atoms with E-state index in [1.165, 1.54) is 18.2 Å². The molecule has 2 rings (SSSR count). The Hall–Kier alpha value is -1.95. The highest BCUT2D eigenvalue weighted by atomic mass is 32.2. The normalized spacial score (nSPS) is 10.5. The minimum atomic E-state index is -1.41. The zero-order valence-corrected chi connectivity index (χ0v) is 10.2. The highest BCUT2D eigenvalue weighted by Gasteiger charge is 2.16. The number of benzene rings is 2. The number of rotatable bonds is 3. The molecule has 0 spiro atoms. The summed E-state index contributed by atoms with van der Waals surface area (Å²) >= 11 is 0.852. The van der Waals surface area contributed by atoms with Gasteiger partial charge in [-0.15, -0.1) is 0 Å². The van der Waals surface area contributed by atoms with E-state index in [1.54, 1.807) is 0 Å². The van der Waals surface area contributed by atoms with Gasteiger partial charge in [0, 0.05) is 9.79 Å². The van der Waals surface area contributed by atoms with Gasteiger partial charge in [-0.2, -0.15) is 0 Å². The Bertz CT molecular complexity index is 644. The molecule has 0 aromatic heterocycles. The molecule has 0 saturated heterocycles. The average molecular weight is 284 g/mol. The van der Waals surface area contributed by atoms with Gasteiger partial charge < -0.3 is 5.11 Å². The van der Waals surface area contributed by atoms with Crippen LogP contribution >= 0.6 is 11.8 Å². The van der Waals surface area contributed by atoms with Crippen molar-refractivity contribution in [3.63, 3.8) is 0 Å². The van der Waals surface area contributed by atoms with Crippen molar-refractivity contribution >= 4 is 17.7 Å². The lowest BCUT2D eigenvalue weighted by molar-refractivity contribution is 0.0688. The fourth-order valence-electron chi connectivity index (χ4n) is 1.46. The van der Waals surface area contributed by atoms with Crippen molar-refractivity contribution in [2.24, 2.45) is 0 Å². The molecule has 0 fully saturated rings. The molecule has 98 valence electrons. The van der Waals surface area contributed by atoms with E-state index in [2.05, 4.69) is 0 Å². The molecule has 0 unspecified atom stereocenters. The second kappa shape index (κ2) is 5.36. The summed E-state index contributed by atoms with van der Waals surface area (Å²) in [7, 11) is 0. The first-order valence-electron chi connectivity index (χ1n) is 5.13. The summed E-state index contributed by atoms with van der Waals surface area (Å²) in [6.45, 7) is 0. The summed E-state index contributed by atoms with van der Waals surface area (Å²) in [5, 5.41) is 8.94. The quantitative estimate of drug-likeness (QED) is 0.927. The lowest BCUT2D eigenvalue weighted by Crippen LogP contribution is -2.02. The minimum absolute atomic E-state index is 0.124. The van der Waals surface area contributed by atoms with Crippen molar-refractivity contribution in [3.05, 3.63) is 59.4 Å². The molecule has 0 atom stereocenters. The van der Waals surface area contributed by atoms with Gasteiger partial charge in [-0.1, -0.05) is 17.8 Å². The predicted molar refractivity (Wildman–Crippen MR) is 63.8 cm³/mol. The van der Waals surface area contributed by atoms with Gasteiger partial charge in [-0.3, -0.25) is 0 Å².